The van der Waals surface area contributed by atoms with E-state index in [1.54, 1.807) is 0 Å². The second-order valence-electron chi connectivity index (χ2n) is 5.20. The number of benzene rings is 1. The van der Waals surface area contributed by atoms with Gasteiger partial charge in [0, 0.05) is 10.8 Å². The lowest BCUT2D eigenvalue weighted by Gasteiger charge is -2.39. The summed E-state index contributed by atoms with van der Waals surface area (Å²) in [7, 11) is 0. The van der Waals surface area contributed by atoms with Gasteiger partial charge >= 0.3 is 0 Å². The van der Waals surface area contributed by atoms with Crippen molar-refractivity contribution in [2.24, 2.45) is 0 Å². The summed E-state index contributed by atoms with van der Waals surface area (Å²) < 4.78 is 5.84. The van der Waals surface area contributed by atoms with Gasteiger partial charge < -0.3 is 9.84 Å². The van der Waals surface area contributed by atoms with Gasteiger partial charge in [-0.05, 0) is 38.5 Å². The number of hydrogen-bond donors (Lipinski definition) is 1. The highest BCUT2D eigenvalue weighted by Crippen LogP contribution is 2.44. The lowest BCUT2D eigenvalue weighted by Crippen LogP contribution is -2.39. The summed E-state index contributed by atoms with van der Waals surface area (Å²) in [5.74, 6) is 1.96. The molecule has 3 heteroatoms. The molecule has 2 nitrogen and oxygen atoms in total. The summed E-state index contributed by atoms with van der Waals surface area (Å²) in [6.45, 7) is 6.13. The number of thioether (sulfide) groups is 1. The van der Waals surface area contributed by atoms with E-state index in [0.29, 0.717) is 0 Å². The van der Waals surface area contributed by atoms with Crippen molar-refractivity contribution in [1.82, 2.24) is 0 Å². The van der Waals surface area contributed by atoms with Crippen LogP contribution < -0.4 is 4.74 Å². The van der Waals surface area contributed by atoms with Gasteiger partial charge in [-0.2, -0.15) is 11.8 Å². The predicted molar refractivity (Wildman–Crippen MR) is 77.3 cm³/mol. The molecule has 18 heavy (non-hydrogen) atoms. The molecule has 1 aromatic rings. The molecule has 0 spiro atoms. The van der Waals surface area contributed by atoms with Crippen LogP contribution in [0.2, 0.25) is 0 Å². The summed E-state index contributed by atoms with van der Waals surface area (Å²) in [5, 5.41) is 11.2. The maximum atomic E-state index is 11.0. The van der Waals surface area contributed by atoms with Crippen molar-refractivity contribution >= 4 is 11.8 Å². The maximum absolute atomic E-state index is 11.0. The van der Waals surface area contributed by atoms with Crippen LogP contribution in [0.1, 0.15) is 39.2 Å². The zero-order chi connectivity index (χ0) is 13.2. The van der Waals surface area contributed by atoms with Crippen LogP contribution in [0.5, 0.6) is 5.75 Å². The second-order valence-corrected chi connectivity index (χ2v) is 6.65. The Bertz CT molecular complexity index is 405. The number of hydrogen-bond acceptors (Lipinski definition) is 3. The molecule has 1 aliphatic rings. The molecule has 2 atom stereocenters. The van der Waals surface area contributed by atoms with Crippen molar-refractivity contribution in [2.75, 3.05) is 5.75 Å². The van der Waals surface area contributed by atoms with Gasteiger partial charge in [0.25, 0.3) is 0 Å². The lowest BCUT2D eigenvalue weighted by atomic mass is 9.85. The molecule has 0 radical (unpaired) electrons. The molecule has 0 saturated carbocycles. The van der Waals surface area contributed by atoms with Crippen LogP contribution in [0.3, 0.4) is 0 Å². The van der Waals surface area contributed by atoms with E-state index < -0.39 is 5.60 Å². The fraction of sp³-hybridized carbons (Fsp3) is 0.600. The Labute approximate surface area is 114 Å². The molecule has 0 aliphatic carbocycles. The predicted octanol–water partition coefficient (Wildman–Crippen LogP) is 3.58. The van der Waals surface area contributed by atoms with Gasteiger partial charge in [-0.15, -0.1) is 0 Å². The van der Waals surface area contributed by atoms with E-state index in [-0.39, 0.29) is 11.4 Å². The quantitative estimate of drug-likeness (QED) is 0.907. The SMILES string of the molecule is CC(C)Oc1ccccc1C1(O)CCCSC1C. The highest BCUT2D eigenvalue weighted by molar-refractivity contribution is 8.00. The zero-order valence-electron chi connectivity index (χ0n) is 11.3. The average molecular weight is 266 g/mol. The van der Waals surface area contributed by atoms with E-state index in [0.717, 1.165) is 29.9 Å². The van der Waals surface area contributed by atoms with E-state index in [4.69, 9.17) is 4.74 Å². The smallest absolute Gasteiger partial charge is 0.125 e. The summed E-state index contributed by atoms with van der Waals surface area (Å²) in [6, 6.07) is 7.90. The van der Waals surface area contributed by atoms with Crippen molar-refractivity contribution in [2.45, 2.75) is 50.6 Å². The molecule has 0 bridgehead atoms. The molecule has 1 aliphatic heterocycles. The van der Waals surface area contributed by atoms with E-state index in [2.05, 4.69) is 6.92 Å². The Balaban J connectivity index is 2.36. The number of ether oxygens (including phenoxy) is 1. The minimum absolute atomic E-state index is 0.126. The first kappa shape index (κ1) is 13.8. The van der Waals surface area contributed by atoms with E-state index in [1.807, 2.05) is 49.9 Å². The first-order valence-corrected chi connectivity index (χ1v) is 7.69. The third kappa shape index (κ3) is 2.67. The van der Waals surface area contributed by atoms with Gasteiger partial charge in [0.1, 0.15) is 11.4 Å². The van der Waals surface area contributed by atoms with Gasteiger partial charge in [0.15, 0.2) is 0 Å². The molecule has 1 N–H and O–H groups in total. The molecule has 100 valence electrons. The Kier molecular flexibility index (Phi) is 4.23. The van der Waals surface area contributed by atoms with Crippen LogP contribution in [0, 0.1) is 0 Å². The summed E-state index contributed by atoms with van der Waals surface area (Å²) in [5.41, 5.74) is 0.187. The van der Waals surface area contributed by atoms with Crippen LogP contribution in [0.4, 0.5) is 0 Å². The van der Waals surface area contributed by atoms with Crippen molar-refractivity contribution in [3.63, 3.8) is 0 Å². The largest absolute Gasteiger partial charge is 0.491 e. The van der Waals surface area contributed by atoms with Crippen LogP contribution in [0.25, 0.3) is 0 Å². The number of aliphatic hydroxyl groups is 1. The van der Waals surface area contributed by atoms with E-state index >= 15 is 0 Å². The summed E-state index contributed by atoms with van der Waals surface area (Å²) in [4.78, 5) is 0. The first-order valence-electron chi connectivity index (χ1n) is 6.64. The normalized spacial score (nSPS) is 28.4. The van der Waals surface area contributed by atoms with Crippen LogP contribution in [-0.2, 0) is 5.60 Å². The van der Waals surface area contributed by atoms with Crippen LogP contribution in [0.15, 0.2) is 24.3 Å². The van der Waals surface area contributed by atoms with Gasteiger partial charge in [-0.3, -0.25) is 0 Å². The van der Waals surface area contributed by atoms with Gasteiger partial charge in [0.05, 0.1) is 6.10 Å². The Morgan fingerprint density at radius 3 is 2.78 bits per heavy atom. The standard InChI is InChI=1S/C15H22O2S/c1-11(2)17-14-8-5-4-7-13(14)15(16)9-6-10-18-12(15)3/h4-5,7-8,11-12,16H,6,9-10H2,1-3H3. The molecular weight excluding hydrogens is 244 g/mol. The fourth-order valence-electron chi connectivity index (χ4n) is 2.48. The lowest BCUT2D eigenvalue weighted by molar-refractivity contribution is 0.0217. The third-order valence-corrected chi connectivity index (χ3v) is 4.87. The Morgan fingerprint density at radius 1 is 1.39 bits per heavy atom. The van der Waals surface area contributed by atoms with Crippen molar-refractivity contribution in [3.8, 4) is 5.75 Å². The van der Waals surface area contributed by atoms with E-state index in [1.165, 1.54) is 0 Å². The minimum Gasteiger partial charge on any atom is -0.491 e. The zero-order valence-corrected chi connectivity index (χ0v) is 12.2. The van der Waals surface area contributed by atoms with Gasteiger partial charge in [-0.25, -0.2) is 0 Å². The topological polar surface area (TPSA) is 29.5 Å². The molecule has 2 rings (SSSR count). The molecule has 1 heterocycles. The summed E-state index contributed by atoms with van der Waals surface area (Å²) >= 11 is 1.84. The average Bonchev–Trinajstić information content (AvgIpc) is 2.33. The van der Waals surface area contributed by atoms with Crippen molar-refractivity contribution < 1.29 is 9.84 Å². The number of rotatable bonds is 3. The molecular formula is C15H22O2S. The third-order valence-electron chi connectivity index (χ3n) is 3.46. The maximum Gasteiger partial charge on any atom is 0.125 e. The van der Waals surface area contributed by atoms with Crippen molar-refractivity contribution in [1.29, 1.82) is 0 Å². The molecule has 2 unspecified atom stereocenters. The van der Waals surface area contributed by atoms with Crippen molar-refractivity contribution in [3.05, 3.63) is 29.8 Å². The molecule has 1 saturated heterocycles. The monoisotopic (exact) mass is 266 g/mol. The Morgan fingerprint density at radius 2 is 2.11 bits per heavy atom. The second kappa shape index (κ2) is 5.54. The van der Waals surface area contributed by atoms with Crippen LogP contribution in [-0.4, -0.2) is 22.2 Å². The molecule has 1 fully saturated rings. The highest BCUT2D eigenvalue weighted by atomic mass is 32.2. The summed E-state index contributed by atoms with van der Waals surface area (Å²) in [6.07, 6.45) is 2.00. The minimum atomic E-state index is -0.756. The van der Waals surface area contributed by atoms with Crippen LogP contribution >= 0.6 is 11.8 Å². The van der Waals surface area contributed by atoms with Gasteiger partial charge in [0.2, 0.25) is 0 Å². The Hall–Kier alpha value is -0.670. The molecule has 0 amide bonds. The molecule has 1 aromatic carbocycles. The molecule has 0 aromatic heterocycles. The highest BCUT2D eigenvalue weighted by Gasteiger charge is 2.40. The van der Waals surface area contributed by atoms with E-state index in [9.17, 15) is 5.11 Å². The first-order chi connectivity index (χ1) is 8.54. The number of para-hydroxylation sites is 1. The van der Waals surface area contributed by atoms with Gasteiger partial charge in [-0.1, -0.05) is 25.1 Å². The fourth-order valence-corrected chi connectivity index (χ4v) is 3.66.